The van der Waals surface area contributed by atoms with Crippen LogP contribution in [-0.4, -0.2) is 24.9 Å². The molecule has 1 heterocycles. The van der Waals surface area contributed by atoms with E-state index in [0.717, 1.165) is 22.9 Å². The summed E-state index contributed by atoms with van der Waals surface area (Å²) in [6, 6.07) is 54.2. The highest BCUT2D eigenvalue weighted by atomic mass is 28.3. The molecule has 0 bridgehead atoms. The Labute approximate surface area is 238 Å². The van der Waals surface area contributed by atoms with Gasteiger partial charge in [0.05, 0.1) is 5.72 Å². The number of hydrogen-bond acceptors (Lipinski definition) is 1. The van der Waals surface area contributed by atoms with Gasteiger partial charge >= 0.3 is 0 Å². The van der Waals surface area contributed by atoms with Crippen LogP contribution in [0.15, 0.2) is 164 Å². The Morgan fingerprint density at radius 3 is 1.55 bits per heavy atom. The second-order valence-electron chi connectivity index (χ2n) is 9.94. The average Bonchev–Trinajstić information content (AvgIpc) is 3.48. The van der Waals surface area contributed by atoms with E-state index in [4.69, 9.17) is 4.98 Å². The molecule has 191 valence electrons. The van der Waals surface area contributed by atoms with Crippen molar-refractivity contribution in [1.29, 1.82) is 0 Å². The van der Waals surface area contributed by atoms with Gasteiger partial charge in [-0.05, 0) is 26.7 Å². The molecule has 4 heteroatoms. The van der Waals surface area contributed by atoms with E-state index in [0.29, 0.717) is 0 Å². The Bertz CT molecular complexity index is 1570. The quantitative estimate of drug-likeness (QED) is 0.144. The summed E-state index contributed by atoms with van der Waals surface area (Å²) in [5, 5.41) is 4.15. The SMILES string of the molecule is [B](C(=Cc1ccccc1)c1ccccc1)c1nccn1C[Si](c1ccccc1)(c1ccccc1)c1ccccc1. The van der Waals surface area contributed by atoms with Crippen LogP contribution in [0.5, 0.6) is 0 Å². The Balaban J connectivity index is 1.47. The van der Waals surface area contributed by atoms with Crippen LogP contribution in [0.3, 0.4) is 0 Å². The fourth-order valence-electron chi connectivity index (χ4n) is 5.50. The summed E-state index contributed by atoms with van der Waals surface area (Å²) in [5.41, 5.74) is 4.41. The molecule has 0 atom stereocenters. The summed E-state index contributed by atoms with van der Waals surface area (Å²) in [6.07, 6.45) is 7.14. The van der Waals surface area contributed by atoms with Crippen molar-refractivity contribution in [2.75, 3.05) is 0 Å². The van der Waals surface area contributed by atoms with Crippen molar-refractivity contribution in [3.63, 3.8) is 0 Å². The molecule has 0 fully saturated rings. The Morgan fingerprint density at radius 2 is 1.05 bits per heavy atom. The number of imidazole rings is 1. The van der Waals surface area contributed by atoms with Crippen LogP contribution in [0.1, 0.15) is 11.1 Å². The number of aromatic nitrogens is 2. The number of rotatable bonds is 9. The van der Waals surface area contributed by atoms with Gasteiger partial charge in [0.25, 0.3) is 0 Å². The molecule has 40 heavy (non-hydrogen) atoms. The van der Waals surface area contributed by atoms with Gasteiger partial charge < -0.3 is 4.57 Å². The third-order valence-electron chi connectivity index (χ3n) is 7.47. The van der Waals surface area contributed by atoms with Gasteiger partial charge in [-0.1, -0.05) is 163 Å². The summed E-state index contributed by atoms with van der Waals surface area (Å²) in [4.78, 5) is 4.88. The normalized spacial score (nSPS) is 11.8. The van der Waals surface area contributed by atoms with Crippen molar-refractivity contribution in [2.24, 2.45) is 0 Å². The Kier molecular flexibility index (Phi) is 7.69. The van der Waals surface area contributed by atoms with E-state index < -0.39 is 8.07 Å². The smallest absolute Gasteiger partial charge is 0.241 e. The first-order valence-electron chi connectivity index (χ1n) is 13.7. The zero-order valence-corrected chi connectivity index (χ0v) is 23.3. The minimum atomic E-state index is -2.48. The maximum atomic E-state index is 4.88. The monoisotopic (exact) mass is 529 g/mol. The molecule has 5 aromatic carbocycles. The van der Waals surface area contributed by atoms with Gasteiger partial charge in [0.1, 0.15) is 0 Å². The molecular weight excluding hydrogens is 499 g/mol. The summed E-state index contributed by atoms with van der Waals surface area (Å²) in [7, 11) is -0.256. The van der Waals surface area contributed by atoms with Crippen molar-refractivity contribution >= 4 is 48.2 Å². The molecule has 1 aromatic heterocycles. The molecule has 0 N–H and O–H groups in total. The molecule has 0 unspecified atom stereocenters. The molecular formula is C36H30BN2Si. The predicted octanol–water partition coefficient (Wildman–Crippen LogP) is 5.12. The van der Waals surface area contributed by atoms with Crippen molar-refractivity contribution in [3.8, 4) is 0 Å². The Morgan fingerprint density at radius 1 is 0.600 bits per heavy atom. The van der Waals surface area contributed by atoms with Crippen LogP contribution in [-0.2, 0) is 6.17 Å². The van der Waals surface area contributed by atoms with Crippen molar-refractivity contribution in [2.45, 2.75) is 6.17 Å². The lowest BCUT2D eigenvalue weighted by Crippen LogP contribution is -2.70. The minimum absolute atomic E-state index is 0.838. The molecule has 2 nitrogen and oxygen atoms in total. The van der Waals surface area contributed by atoms with Gasteiger partial charge in [0.15, 0.2) is 8.07 Å². The zero-order chi connectivity index (χ0) is 27.0. The van der Waals surface area contributed by atoms with E-state index in [2.05, 4.69) is 176 Å². The van der Waals surface area contributed by atoms with Gasteiger partial charge in [-0.2, -0.15) is 0 Å². The third kappa shape index (κ3) is 5.40. The first-order chi connectivity index (χ1) is 19.8. The lowest BCUT2D eigenvalue weighted by Gasteiger charge is -2.34. The van der Waals surface area contributed by atoms with Crippen LogP contribution < -0.4 is 21.3 Å². The third-order valence-corrected chi connectivity index (χ3v) is 12.2. The minimum Gasteiger partial charge on any atom is -0.345 e. The number of hydrogen-bond donors (Lipinski definition) is 0. The second-order valence-corrected chi connectivity index (χ2v) is 13.8. The molecule has 1 radical (unpaired) electrons. The van der Waals surface area contributed by atoms with Crippen LogP contribution in [0.4, 0.5) is 0 Å². The van der Waals surface area contributed by atoms with Crippen molar-refractivity contribution in [1.82, 2.24) is 9.55 Å². The molecule has 6 rings (SSSR count). The average molecular weight is 530 g/mol. The van der Waals surface area contributed by atoms with Gasteiger partial charge in [0, 0.05) is 18.6 Å². The van der Waals surface area contributed by atoms with E-state index in [-0.39, 0.29) is 0 Å². The van der Waals surface area contributed by atoms with Crippen LogP contribution in [0.2, 0.25) is 0 Å². The van der Waals surface area contributed by atoms with Crippen LogP contribution in [0, 0.1) is 0 Å². The van der Waals surface area contributed by atoms with Gasteiger partial charge in [-0.25, -0.2) is 0 Å². The summed E-state index contributed by atoms with van der Waals surface area (Å²) in [5.74, 6) is 0. The maximum Gasteiger partial charge on any atom is 0.241 e. The summed E-state index contributed by atoms with van der Waals surface area (Å²) >= 11 is 0. The van der Waals surface area contributed by atoms with E-state index in [1.165, 1.54) is 21.1 Å². The van der Waals surface area contributed by atoms with E-state index in [1.807, 2.05) is 6.20 Å². The highest BCUT2D eigenvalue weighted by Gasteiger charge is 2.40. The molecule has 0 saturated heterocycles. The van der Waals surface area contributed by atoms with E-state index in [1.54, 1.807) is 0 Å². The molecule has 0 amide bonds. The second kappa shape index (κ2) is 12.0. The molecule has 6 aromatic rings. The van der Waals surface area contributed by atoms with Gasteiger partial charge in [0.2, 0.25) is 7.28 Å². The number of nitrogens with zero attached hydrogens (tertiary/aromatic N) is 2. The zero-order valence-electron chi connectivity index (χ0n) is 22.3. The molecule has 0 saturated carbocycles. The lowest BCUT2D eigenvalue weighted by molar-refractivity contribution is 0.893. The predicted molar refractivity (Wildman–Crippen MR) is 172 cm³/mol. The fourth-order valence-corrected chi connectivity index (χ4v) is 10.1. The number of benzene rings is 5. The summed E-state index contributed by atoms with van der Waals surface area (Å²) < 4.78 is 2.35. The van der Waals surface area contributed by atoms with Gasteiger partial charge in [-0.15, -0.1) is 0 Å². The largest absolute Gasteiger partial charge is 0.345 e. The maximum absolute atomic E-state index is 4.88. The van der Waals surface area contributed by atoms with Crippen LogP contribution in [0.25, 0.3) is 11.5 Å². The Hall–Kier alpha value is -4.67. The lowest BCUT2D eigenvalue weighted by atomic mass is 9.65. The standard InChI is InChI=1S/C36H30BN2Si/c1-6-16-30(17-7-1)28-35(31-18-8-2-9-19-31)37-36-38-26-27-39(36)29-40(32-20-10-3-11-21-32,33-22-12-4-13-23-33)34-24-14-5-15-25-34/h1-28H,29H2. The van der Waals surface area contributed by atoms with E-state index >= 15 is 0 Å². The fraction of sp³-hybridized carbons (Fsp3) is 0.0278. The molecule has 0 aliphatic rings. The first kappa shape index (κ1) is 25.6. The van der Waals surface area contributed by atoms with Crippen LogP contribution >= 0.6 is 0 Å². The van der Waals surface area contributed by atoms with Gasteiger partial charge in [-0.3, -0.25) is 4.98 Å². The first-order valence-corrected chi connectivity index (χ1v) is 15.9. The molecule has 0 aliphatic carbocycles. The highest BCUT2D eigenvalue weighted by Crippen LogP contribution is 2.18. The summed E-state index contributed by atoms with van der Waals surface area (Å²) in [6.45, 7) is 0. The molecule has 0 spiro atoms. The van der Waals surface area contributed by atoms with Crippen molar-refractivity contribution < 1.29 is 0 Å². The van der Waals surface area contributed by atoms with Crippen molar-refractivity contribution in [3.05, 3.63) is 175 Å². The topological polar surface area (TPSA) is 17.8 Å². The van der Waals surface area contributed by atoms with E-state index in [9.17, 15) is 0 Å². The molecule has 0 aliphatic heterocycles. The highest BCUT2D eigenvalue weighted by molar-refractivity contribution is 7.10.